The van der Waals surface area contributed by atoms with Gasteiger partial charge < -0.3 is 15.0 Å². The van der Waals surface area contributed by atoms with Gasteiger partial charge in [-0.15, -0.1) is 28.5 Å². The lowest BCUT2D eigenvalue weighted by Crippen LogP contribution is -2.35. The van der Waals surface area contributed by atoms with E-state index >= 15 is 0 Å². The fourth-order valence-electron chi connectivity index (χ4n) is 4.15. The first kappa shape index (κ1) is 31.2. The van der Waals surface area contributed by atoms with Crippen molar-refractivity contribution in [3.05, 3.63) is 62.8 Å². The third-order valence-corrected chi connectivity index (χ3v) is 7.00. The molecule has 3 heterocycles. The average Bonchev–Trinajstić information content (AvgIpc) is 3.52. The minimum absolute atomic E-state index is 0.107. The van der Waals surface area contributed by atoms with Crippen molar-refractivity contribution in [3.8, 4) is 5.75 Å². The summed E-state index contributed by atoms with van der Waals surface area (Å²) in [5, 5.41) is 33.0. The van der Waals surface area contributed by atoms with Crippen LogP contribution in [0.4, 0.5) is 24.1 Å². The minimum atomic E-state index is -4.83. The van der Waals surface area contributed by atoms with Gasteiger partial charge in [-0.05, 0) is 49.1 Å². The van der Waals surface area contributed by atoms with E-state index in [2.05, 4.69) is 35.8 Å². The molecule has 1 aliphatic rings. The van der Waals surface area contributed by atoms with Gasteiger partial charge in [0, 0.05) is 11.3 Å². The maximum Gasteiger partial charge on any atom is 0.573 e. The third-order valence-electron chi connectivity index (χ3n) is 6.10. The first-order valence-corrected chi connectivity index (χ1v) is 13.8. The number of nitrogens with one attached hydrogen (secondary N) is 2. The number of nitrogens with zero attached hydrogens (tertiary/aromatic N) is 6. The molecule has 43 heavy (non-hydrogen) atoms. The highest BCUT2D eigenvalue weighted by atomic mass is 32.1. The number of benzene rings is 1. The van der Waals surface area contributed by atoms with Gasteiger partial charge in [0.25, 0.3) is 0 Å². The van der Waals surface area contributed by atoms with E-state index in [1.807, 2.05) is 0 Å². The number of anilines is 2. The summed E-state index contributed by atoms with van der Waals surface area (Å²) < 4.78 is 41.1. The standard InChI is InChI=1S/C25H25F3N8O6S/c26-25(27,28)42-18-6-3-4-15(10-18)11-20(37)29-19-9-8-16(31-32-19)5-1-2-7-22-33-34-24(43-22)30-21(38)14-35-13-17(36(40)41)12-23(35)39/h3-4,6,8-10,17H,1-2,5,7,11-14H2,(H,29,32,37)(H,30,34,38)/t17-/m0/s1. The van der Waals surface area contributed by atoms with Gasteiger partial charge in [0.05, 0.1) is 25.1 Å². The van der Waals surface area contributed by atoms with Crippen LogP contribution in [-0.4, -0.2) is 73.4 Å². The number of carbonyl (C=O) groups excluding carboxylic acids is 3. The van der Waals surface area contributed by atoms with Crippen LogP contribution in [-0.2, 0) is 33.6 Å². The second-order valence-corrected chi connectivity index (χ2v) is 10.6. The Bertz CT molecular complexity index is 1470. The zero-order valence-electron chi connectivity index (χ0n) is 22.4. The molecule has 0 saturated carbocycles. The number of likely N-dealkylation sites (tertiary alicyclic amines) is 1. The molecule has 0 radical (unpaired) electrons. The number of aryl methyl sites for hydroxylation is 2. The predicted octanol–water partition coefficient (Wildman–Crippen LogP) is 2.79. The average molecular weight is 623 g/mol. The van der Waals surface area contributed by atoms with Gasteiger partial charge in [0.2, 0.25) is 28.9 Å². The Morgan fingerprint density at radius 1 is 1.07 bits per heavy atom. The molecular weight excluding hydrogens is 597 g/mol. The molecule has 18 heteroatoms. The molecule has 1 saturated heterocycles. The molecule has 2 aromatic heterocycles. The highest BCUT2D eigenvalue weighted by Gasteiger charge is 2.38. The fourth-order valence-corrected chi connectivity index (χ4v) is 4.95. The quantitative estimate of drug-likeness (QED) is 0.163. The summed E-state index contributed by atoms with van der Waals surface area (Å²) in [4.78, 5) is 47.8. The lowest BCUT2D eigenvalue weighted by molar-refractivity contribution is -0.517. The van der Waals surface area contributed by atoms with Crippen LogP contribution < -0.4 is 15.4 Å². The van der Waals surface area contributed by atoms with Crippen LogP contribution in [0.25, 0.3) is 0 Å². The first-order chi connectivity index (χ1) is 20.4. The zero-order valence-corrected chi connectivity index (χ0v) is 23.2. The molecule has 1 aromatic carbocycles. The van der Waals surface area contributed by atoms with Crippen molar-refractivity contribution in [2.45, 2.75) is 50.9 Å². The van der Waals surface area contributed by atoms with Crippen LogP contribution in [0.5, 0.6) is 5.75 Å². The van der Waals surface area contributed by atoms with E-state index < -0.39 is 40.8 Å². The maximum atomic E-state index is 12.4. The molecule has 1 aliphatic heterocycles. The molecule has 2 N–H and O–H groups in total. The Balaban J connectivity index is 1.14. The monoisotopic (exact) mass is 622 g/mol. The van der Waals surface area contributed by atoms with Crippen LogP contribution >= 0.6 is 11.3 Å². The minimum Gasteiger partial charge on any atom is -0.406 e. The van der Waals surface area contributed by atoms with Crippen molar-refractivity contribution in [2.75, 3.05) is 23.7 Å². The van der Waals surface area contributed by atoms with E-state index in [0.717, 1.165) is 29.9 Å². The summed E-state index contributed by atoms with van der Waals surface area (Å²) in [5.41, 5.74) is 1.02. The number of amides is 3. The number of hydrogen-bond donors (Lipinski definition) is 2. The van der Waals surface area contributed by atoms with Gasteiger partial charge in [-0.1, -0.05) is 23.5 Å². The number of halogens is 3. The Kier molecular flexibility index (Phi) is 10.1. The number of unbranched alkanes of at least 4 members (excludes halogenated alkanes) is 1. The van der Waals surface area contributed by atoms with Crippen LogP contribution in [0.2, 0.25) is 0 Å². The Morgan fingerprint density at radius 3 is 2.56 bits per heavy atom. The molecule has 3 aromatic rings. The van der Waals surface area contributed by atoms with Crippen LogP contribution in [0.15, 0.2) is 36.4 Å². The lowest BCUT2D eigenvalue weighted by atomic mass is 10.1. The number of aromatic nitrogens is 4. The van der Waals surface area contributed by atoms with Crippen LogP contribution in [0.3, 0.4) is 0 Å². The van der Waals surface area contributed by atoms with Crippen molar-refractivity contribution in [1.82, 2.24) is 25.3 Å². The van der Waals surface area contributed by atoms with E-state index in [9.17, 15) is 37.7 Å². The predicted molar refractivity (Wildman–Crippen MR) is 145 cm³/mol. The molecular formula is C25H25F3N8O6S. The summed E-state index contributed by atoms with van der Waals surface area (Å²) in [7, 11) is 0. The smallest absolute Gasteiger partial charge is 0.406 e. The Hall–Kier alpha value is -4.74. The van der Waals surface area contributed by atoms with E-state index in [1.165, 1.54) is 23.5 Å². The number of rotatable bonds is 13. The van der Waals surface area contributed by atoms with Gasteiger partial charge in [0.15, 0.2) is 5.82 Å². The van der Waals surface area contributed by atoms with Gasteiger partial charge in [-0.3, -0.25) is 29.8 Å². The first-order valence-electron chi connectivity index (χ1n) is 12.9. The lowest BCUT2D eigenvalue weighted by Gasteiger charge is -2.13. The normalized spacial score (nSPS) is 14.9. The number of alkyl halides is 3. The van der Waals surface area contributed by atoms with Crippen LogP contribution in [0, 0.1) is 10.1 Å². The van der Waals surface area contributed by atoms with Crippen molar-refractivity contribution < 1.29 is 37.2 Å². The van der Waals surface area contributed by atoms with Gasteiger partial charge in [0.1, 0.15) is 17.3 Å². The van der Waals surface area contributed by atoms with Crippen molar-refractivity contribution >= 4 is 40.0 Å². The summed E-state index contributed by atoms with van der Waals surface area (Å²) >= 11 is 1.19. The van der Waals surface area contributed by atoms with E-state index in [1.54, 1.807) is 12.1 Å². The third kappa shape index (κ3) is 9.94. The Morgan fingerprint density at radius 2 is 1.86 bits per heavy atom. The molecule has 14 nitrogen and oxygen atoms in total. The SMILES string of the molecule is O=C(Cc1cccc(OC(F)(F)F)c1)Nc1ccc(CCCCc2nnc(NC(=O)CN3C[C@@H]([N+](=O)[O-])CC3=O)s2)nn1. The second kappa shape index (κ2) is 14.0. The van der Waals surface area contributed by atoms with E-state index in [4.69, 9.17) is 0 Å². The summed E-state index contributed by atoms with van der Waals surface area (Å²) in [5.74, 6) is -1.65. The molecule has 0 spiro atoms. The molecule has 3 amide bonds. The second-order valence-electron chi connectivity index (χ2n) is 9.50. The Labute approximate surface area is 245 Å². The van der Waals surface area contributed by atoms with Crippen LogP contribution in [0.1, 0.15) is 35.5 Å². The number of nitro groups is 1. The zero-order chi connectivity index (χ0) is 31.0. The topological polar surface area (TPSA) is 182 Å². The van der Waals surface area contributed by atoms with Crippen molar-refractivity contribution in [3.63, 3.8) is 0 Å². The molecule has 0 unspecified atom stereocenters. The van der Waals surface area contributed by atoms with Gasteiger partial charge in [-0.2, -0.15) is 5.10 Å². The summed E-state index contributed by atoms with van der Waals surface area (Å²) in [6, 6.07) is 7.42. The summed E-state index contributed by atoms with van der Waals surface area (Å²) in [6.45, 7) is -0.402. The molecule has 4 rings (SSSR count). The number of hydrogen-bond acceptors (Lipinski definition) is 11. The highest BCUT2D eigenvalue weighted by Crippen LogP contribution is 2.24. The molecule has 1 fully saturated rings. The molecule has 0 aliphatic carbocycles. The summed E-state index contributed by atoms with van der Waals surface area (Å²) in [6.07, 6.45) is -2.55. The maximum absolute atomic E-state index is 12.4. The molecule has 1 atom stereocenters. The van der Waals surface area contributed by atoms with Crippen molar-refractivity contribution in [2.24, 2.45) is 0 Å². The molecule has 0 bridgehead atoms. The van der Waals surface area contributed by atoms with Crippen molar-refractivity contribution in [1.29, 1.82) is 0 Å². The van der Waals surface area contributed by atoms with E-state index in [-0.39, 0.29) is 36.9 Å². The highest BCUT2D eigenvalue weighted by molar-refractivity contribution is 7.15. The van der Waals surface area contributed by atoms with E-state index in [0.29, 0.717) is 29.1 Å². The van der Waals surface area contributed by atoms with Gasteiger partial charge in [-0.25, -0.2) is 0 Å². The number of ether oxygens (including phenoxy) is 1. The van der Waals surface area contributed by atoms with Gasteiger partial charge >= 0.3 is 6.36 Å². The fraction of sp³-hybridized carbons (Fsp3) is 0.400. The largest absolute Gasteiger partial charge is 0.573 e. The molecule has 228 valence electrons. The number of carbonyl (C=O) groups is 3.